The summed E-state index contributed by atoms with van der Waals surface area (Å²) in [6.07, 6.45) is 3.42. The molecular weight excluding hydrogens is 190 g/mol. The van der Waals surface area contributed by atoms with Crippen LogP contribution >= 0.6 is 11.8 Å². The van der Waals surface area contributed by atoms with Crippen LogP contribution in [0.25, 0.3) is 0 Å². The molecule has 0 fully saturated rings. The normalized spacial score (nSPS) is 12.4. The fourth-order valence-electron chi connectivity index (χ4n) is 1.38. The average Bonchev–Trinajstić information content (AvgIpc) is 2.25. The van der Waals surface area contributed by atoms with Crippen LogP contribution in [0, 0.1) is 5.92 Å². The van der Waals surface area contributed by atoms with E-state index in [0.717, 1.165) is 12.5 Å². The van der Waals surface area contributed by atoms with Gasteiger partial charge in [-0.3, -0.25) is 0 Å². The average molecular weight is 209 g/mol. The van der Waals surface area contributed by atoms with Crippen molar-refractivity contribution in [1.82, 2.24) is 0 Å². The van der Waals surface area contributed by atoms with Gasteiger partial charge >= 0.3 is 0 Å². The largest absolute Gasteiger partial charge is 0.385 e. The number of hydrogen-bond donors (Lipinski definition) is 1. The second kappa shape index (κ2) is 6.77. The molecule has 0 spiro atoms. The van der Waals surface area contributed by atoms with Crippen molar-refractivity contribution in [2.24, 2.45) is 5.92 Å². The number of nitrogens with one attached hydrogen (secondary N) is 1. The summed E-state index contributed by atoms with van der Waals surface area (Å²) in [6.45, 7) is 3.34. The van der Waals surface area contributed by atoms with E-state index < -0.39 is 0 Å². The van der Waals surface area contributed by atoms with Crippen LogP contribution in [0.1, 0.15) is 13.3 Å². The Morgan fingerprint density at radius 3 is 2.57 bits per heavy atom. The van der Waals surface area contributed by atoms with Gasteiger partial charge in [0.15, 0.2) is 0 Å². The van der Waals surface area contributed by atoms with E-state index in [0.29, 0.717) is 0 Å². The molecule has 2 heteroatoms. The van der Waals surface area contributed by atoms with Crippen molar-refractivity contribution in [3.8, 4) is 0 Å². The van der Waals surface area contributed by atoms with Gasteiger partial charge in [0, 0.05) is 12.2 Å². The zero-order valence-corrected chi connectivity index (χ0v) is 9.81. The molecule has 0 saturated heterocycles. The molecule has 1 aromatic rings. The first-order valence-corrected chi connectivity index (χ1v) is 6.54. The fraction of sp³-hybridized carbons (Fsp3) is 0.500. The van der Waals surface area contributed by atoms with Crippen LogP contribution < -0.4 is 5.32 Å². The predicted octanol–water partition coefficient (Wildman–Crippen LogP) is 3.49. The Kier molecular flexibility index (Phi) is 5.53. The molecule has 14 heavy (non-hydrogen) atoms. The standard InChI is InChI=1S/C12H19NS/c1-3-11(10-14-2)9-13-12-7-5-4-6-8-12/h4-8,11,13H,3,9-10H2,1-2H3/t11-/m1/s1. The zero-order chi connectivity index (χ0) is 10.2. The number of benzene rings is 1. The quantitative estimate of drug-likeness (QED) is 0.769. The highest BCUT2D eigenvalue weighted by atomic mass is 32.2. The lowest BCUT2D eigenvalue weighted by Crippen LogP contribution is -2.15. The minimum absolute atomic E-state index is 0.783. The fourth-order valence-corrected chi connectivity index (χ4v) is 2.20. The molecule has 0 unspecified atom stereocenters. The molecule has 1 nitrogen and oxygen atoms in total. The van der Waals surface area contributed by atoms with E-state index in [1.54, 1.807) is 0 Å². The highest BCUT2D eigenvalue weighted by molar-refractivity contribution is 7.98. The molecule has 78 valence electrons. The maximum absolute atomic E-state index is 3.47. The van der Waals surface area contributed by atoms with Gasteiger partial charge in [-0.1, -0.05) is 31.5 Å². The van der Waals surface area contributed by atoms with E-state index in [2.05, 4.69) is 42.8 Å². The predicted molar refractivity (Wildman–Crippen MR) is 67.1 cm³/mol. The van der Waals surface area contributed by atoms with Gasteiger partial charge in [-0.05, 0) is 30.1 Å². The van der Waals surface area contributed by atoms with Crippen molar-refractivity contribution in [2.75, 3.05) is 23.9 Å². The van der Waals surface area contributed by atoms with Gasteiger partial charge in [0.25, 0.3) is 0 Å². The van der Waals surface area contributed by atoms with Gasteiger partial charge in [0.05, 0.1) is 0 Å². The Morgan fingerprint density at radius 1 is 1.29 bits per heavy atom. The third kappa shape index (κ3) is 4.05. The van der Waals surface area contributed by atoms with E-state index >= 15 is 0 Å². The van der Waals surface area contributed by atoms with E-state index in [1.165, 1.54) is 17.9 Å². The molecule has 1 aromatic carbocycles. The smallest absolute Gasteiger partial charge is 0.0340 e. The van der Waals surface area contributed by atoms with Gasteiger partial charge in [-0.25, -0.2) is 0 Å². The third-order valence-corrected chi connectivity index (χ3v) is 3.15. The van der Waals surface area contributed by atoms with Gasteiger partial charge < -0.3 is 5.32 Å². The van der Waals surface area contributed by atoms with Crippen molar-refractivity contribution in [3.05, 3.63) is 30.3 Å². The van der Waals surface area contributed by atoms with Crippen LogP contribution in [-0.2, 0) is 0 Å². The summed E-state index contributed by atoms with van der Waals surface area (Å²) in [5.74, 6) is 2.03. The molecule has 0 saturated carbocycles. The summed E-state index contributed by atoms with van der Waals surface area (Å²) in [5, 5.41) is 3.47. The van der Waals surface area contributed by atoms with Crippen molar-refractivity contribution >= 4 is 17.4 Å². The van der Waals surface area contributed by atoms with Crippen LogP contribution in [0.15, 0.2) is 30.3 Å². The van der Waals surface area contributed by atoms with Crippen LogP contribution in [0.3, 0.4) is 0 Å². The van der Waals surface area contributed by atoms with E-state index in [4.69, 9.17) is 0 Å². The van der Waals surface area contributed by atoms with E-state index in [-0.39, 0.29) is 0 Å². The SMILES string of the molecule is CC[C@H](CNc1ccccc1)CSC. The Morgan fingerprint density at radius 2 is 2.00 bits per heavy atom. The van der Waals surface area contributed by atoms with E-state index in [1.807, 2.05) is 17.8 Å². The van der Waals surface area contributed by atoms with Crippen molar-refractivity contribution in [2.45, 2.75) is 13.3 Å². The minimum atomic E-state index is 0.783. The van der Waals surface area contributed by atoms with Crippen molar-refractivity contribution in [1.29, 1.82) is 0 Å². The summed E-state index contributed by atoms with van der Waals surface area (Å²) in [7, 11) is 0. The summed E-state index contributed by atoms with van der Waals surface area (Å²) >= 11 is 1.93. The van der Waals surface area contributed by atoms with Crippen molar-refractivity contribution in [3.63, 3.8) is 0 Å². The summed E-state index contributed by atoms with van der Waals surface area (Å²) in [6, 6.07) is 10.4. The highest BCUT2D eigenvalue weighted by Gasteiger charge is 2.04. The Labute approximate surface area is 91.3 Å². The lowest BCUT2D eigenvalue weighted by molar-refractivity contribution is 0.604. The molecule has 0 aliphatic carbocycles. The Balaban J connectivity index is 2.32. The first kappa shape index (κ1) is 11.4. The number of para-hydroxylation sites is 1. The Bertz CT molecular complexity index is 235. The summed E-state index contributed by atoms with van der Waals surface area (Å²) in [4.78, 5) is 0. The van der Waals surface area contributed by atoms with Crippen LogP contribution in [0.4, 0.5) is 5.69 Å². The number of hydrogen-bond acceptors (Lipinski definition) is 2. The molecule has 1 N–H and O–H groups in total. The zero-order valence-electron chi connectivity index (χ0n) is 8.99. The Hall–Kier alpha value is -0.630. The molecule has 0 heterocycles. The first-order valence-electron chi connectivity index (χ1n) is 5.14. The maximum atomic E-state index is 3.47. The summed E-state index contributed by atoms with van der Waals surface area (Å²) < 4.78 is 0. The van der Waals surface area contributed by atoms with Crippen LogP contribution in [-0.4, -0.2) is 18.6 Å². The first-order chi connectivity index (χ1) is 6.86. The number of thioether (sulfide) groups is 1. The topological polar surface area (TPSA) is 12.0 Å². The number of rotatable bonds is 6. The molecule has 0 aromatic heterocycles. The second-order valence-electron chi connectivity index (χ2n) is 3.48. The van der Waals surface area contributed by atoms with Gasteiger partial charge in [0.2, 0.25) is 0 Å². The second-order valence-corrected chi connectivity index (χ2v) is 4.39. The minimum Gasteiger partial charge on any atom is -0.385 e. The highest BCUT2D eigenvalue weighted by Crippen LogP contribution is 2.12. The van der Waals surface area contributed by atoms with Crippen molar-refractivity contribution < 1.29 is 0 Å². The molecule has 1 atom stereocenters. The maximum Gasteiger partial charge on any atom is 0.0340 e. The van der Waals surface area contributed by atoms with Gasteiger partial charge in [-0.2, -0.15) is 11.8 Å². The molecule has 0 aliphatic rings. The molecule has 1 rings (SSSR count). The number of anilines is 1. The van der Waals surface area contributed by atoms with Gasteiger partial charge in [-0.15, -0.1) is 0 Å². The summed E-state index contributed by atoms with van der Waals surface area (Å²) in [5.41, 5.74) is 1.23. The molecule has 0 aliphatic heterocycles. The van der Waals surface area contributed by atoms with E-state index in [9.17, 15) is 0 Å². The lowest BCUT2D eigenvalue weighted by Gasteiger charge is -2.15. The third-order valence-electron chi connectivity index (χ3n) is 2.35. The molecular formula is C12H19NS. The van der Waals surface area contributed by atoms with Crippen LogP contribution in [0.2, 0.25) is 0 Å². The van der Waals surface area contributed by atoms with Gasteiger partial charge in [0.1, 0.15) is 0 Å². The van der Waals surface area contributed by atoms with Crippen LogP contribution in [0.5, 0.6) is 0 Å². The molecule has 0 amide bonds. The lowest BCUT2D eigenvalue weighted by atomic mass is 10.1. The monoisotopic (exact) mass is 209 g/mol. The molecule has 0 bridgehead atoms. The molecule has 0 radical (unpaired) electrons.